The third kappa shape index (κ3) is 6.00. The van der Waals surface area contributed by atoms with Crippen molar-refractivity contribution in [2.24, 2.45) is 0 Å². The molecule has 1 aliphatic heterocycles. The molecule has 0 aromatic heterocycles. The second-order valence-electron chi connectivity index (χ2n) is 9.72. The number of carbonyl (C=O) groups is 3. The van der Waals surface area contributed by atoms with Crippen LogP contribution >= 0.6 is 23.2 Å². The Morgan fingerprint density at radius 3 is 2.37 bits per heavy atom. The summed E-state index contributed by atoms with van der Waals surface area (Å²) in [5.74, 6) is -1.23. The van der Waals surface area contributed by atoms with Gasteiger partial charge >= 0.3 is 0 Å². The lowest BCUT2D eigenvalue weighted by Crippen LogP contribution is -2.50. The highest BCUT2D eigenvalue weighted by Gasteiger charge is 2.40. The van der Waals surface area contributed by atoms with Gasteiger partial charge in [0.25, 0.3) is 15.9 Å². The number of nitrogens with one attached hydrogen (secondary N) is 1. The molecular weight excluding hydrogens is 549 g/mol. The van der Waals surface area contributed by atoms with E-state index in [1.54, 1.807) is 37.3 Å². The van der Waals surface area contributed by atoms with Gasteiger partial charge in [-0.05, 0) is 50.5 Å². The predicted octanol–water partition coefficient (Wildman–Crippen LogP) is 4.78. The Bertz CT molecular complexity index is 1310. The maximum atomic E-state index is 13.5. The van der Waals surface area contributed by atoms with Crippen molar-refractivity contribution in [3.63, 3.8) is 0 Å². The van der Waals surface area contributed by atoms with Gasteiger partial charge in [0, 0.05) is 41.2 Å². The summed E-state index contributed by atoms with van der Waals surface area (Å²) in [4.78, 5) is 40.7. The van der Waals surface area contributed by atoms with E-state index in [2.05, 4.69) is 5.32 Å². The number of hydrogen-bond acceptors (Lipinski definition) is 5. The molecule has 11 heteroatoms. The molecule has 0 unspecified atom stereocenters. The number of halogens is 2. The number of rotatable bonds is 9. The Morgan fingerprint density at radius 1 is 1.05 bits per heavy atom. The van der Waals surface area contributed by atoms with Gasteiger partial charge in [-0.25, -0.2) is 12.7 Å². The van der Waals surface area contributed by atoms with Gasteiger partial charge in [0.2, 0.25) is 11.8 Å². The highest BCUT2D eigenvalue weighted by atomic mass is 35.5. The highest BCUT2D eigenvalue weighted by molar-refractivity contribution is 7.90. The van der Waals surface area contributed by atoms with Crippen LogP contribution in [0.1, 0.15) is 67.8 Å². The van der Waals surface area contributed by atoms with E-state index in [1.807, 2.05) is 0 Å². The van der Waals surface area contributed by atoms with Crippen LogP contribution < -0.4 is 5.32 Å². The molecule has 0 spiro atoms. The Hall–Kier alpha value is -2.62. The fraction of sp³-hybridized carbons (Fsp3) is 0.444. The summed E-state index contributed by atoms with van der Waals surface area (Å²) >= 11 is 12.7. The van der Waals surface area contributed by atoms with Gasteiger partial charge in [-0.2, -0.15) is 0 Å². The van der Waals surface area contributed by atoms with E-state index < -0.39 is 22.0 Å². The first-order chi connectivity index (χ1) is 18.1. The summed E-state index contributed by atoms with van der Waals surface area (Å²) in [6, 6.07) is 10.3. The van der Waals surface area contributed by atoms with E-state index in [9.17, 15) is 22.8 Å². The van der Waals surface area contributed by atoms with Gasteiger partial charge in [-0.1, -0.05) is 60.7 Å². The van der Waals surface area contributed by atoms with Crippen LogP contribution in [0.25, 0.3) is 0 Å². The first-order valence-corrected chi connectivity index (χ1v) is 15.0. The first kappa shape index (κ1) is 28.4. The average molecular weight is 581 g/mol. The van der Waals surface area contributed by atoms with Crippen LogP contribution in [0.4, 0.5) is 0 Å². The minimum absolute atomic E-state index is 0.0168. The predicted molar refractivity (Wildman–Crippen MR) is 145 cm³/mol. The molecule has 2 aromatic carbocycles. The maximum absolute atomic E-state index is 13.5. The topological polar surface area (TPSA) is 104 Å². The van der Waals surface area contributed by atoms with Gasteiger partial charge in [-0.3, -0.25) is 14.4 Å². The SMILES string of the molecule is C[C@@H](C(=O)NC1CCCCC1)N(Cc1c(Cl)cccc1Cl)C(=O)CCCN1C(=O)c2ccccc2S1(=O)=O. The van der Waals surface area contributed by atoms with Crippen molar-refractivity contribution in [3.05, 3.63) is 63.6 Å². The largest absolute Gasteiger partial charge is 0.352 e. The number of benzene rings is 2. The fourth-order valence-corrected chi connectivity index (χ4v) is 7.10. The van der Waals surface area contributed by atoms with E-state index in [0.29, 0.717) is 15.6 Å². The lowest BCUT2D eigenvalue weighted by Gasteiger charge is -2.32. The number of amides is 3. The molecule has 204 valence electrons. The van der Waals surface area contributed by atoms with E-state index in [1.165, 1.54) is 17.0 Å². The van der Waals surface area contributed by atoms with E-state index in [-0.39, 0.29) is 54.2 Å². The zero-order chi connectivity index (χ0) is 27.4. The minimum Gasteiger partial charge on any atom is -0.352 e. The van der Waals surface area contributed by atoms with Crippen molar-refractivity contribution in [3.8, 4) is 0 Å². The van der Waals surface area contributed by atoms with E-state index in [4.69, 9.17) is 23.2 Å². The van der Waals surface area contributed by atoms with Gasteiger partial charge in [0.05, 0.1) is 5.56 Å². The van der Waals surface area contributed by atoms with Crippen molar-refractivity contribution in [1.82, 2.24) is 14.5 Å². The Kier molecular flexibility index (Phi) is 9.00. The molecule has 1 heterocycles. The molecule has 3 amide bonds. The molecule has 2 aromatic rings. The first-order valence-electron chi connectivity index (χ1n) is 12.8. The summed E-state index contributed by atoms with van der Waals surface area (Å²) < 4.78 is 26.5. The second-order valence-corrected chi connectivity index (χ2v) is 12.4. The highest BCUT2D eigenvalue weighted by Crippen LogP contribution is 2.31. The molecule has 0 saturated heterocycles. The normalized spacial score (nSPS) is 17.7. The summed E-state index contributed by atoms with van der Waals surface area (Å²) in [6.07, 6.45) is 5.10. The average Bonchev–Trinajstić information content (AvgIpc) is 3.09. The third-order valence-electron chi connectivity index (χ3n) is 7.17. The summed E-state index contributed by atoms with van der Waals surface area (Å²) in [7, 11) is -3.96. The van der Waals surface area contributed by atoms with Crippen LogP contribution in [-0.4, -0.2) is 54.0 Å². The molecule has 2 aliphatic rings. The minimum atomic E-state index is -3.96. The summed E-state index contributed by atoms with van der Waals surface area (Å²) in [5.41, 5.74) is 0.649. The van der Waals surface area contributed by atoms with E-state index in [0.717, 1.165) is 36.4 Å². The second kappa shape index (κ2) is 12.1. The molecule has 1 fully saturated rings. The van der Waals surface area contributed by atoms with Crippen molar-refractivity contribution in [1.29, 1.82) is 0 Å². The number of sulfonamides is 1. The van der Waals surface area contributed by atoms with Gasteiger partial charge in [0.1, 0.15) is 10.9 Å². The lowest BCUT2D eigenvalue weighted by molar-refractivity contribution is -0.141. The smallest absolute Gasteiger partial charge is 0.269 e. The summed E-state index contributed by atoms with van der Waals surface area (Å²) in [6.45, 7) is 1.53. The van der Waals surface area contributed by atoms with Crippen LogP contribution in [-0.2, 0) is 26.2 Å². The molecule has 4 rings (SSSR count). The van der Waals surface area contributed by atoms with Crippen molar-refractivity contribution in [2.45, 2.75) is 75.4 Å². The van der Waals surface area contributed by atoms with Crippen molar-refractivity contribution in [2.75, 3.05) is 6.54 Å². The van der Waals surface area contributed by atoms with Gasteiger partial charge in [-0.15, -0.1) is 0 Å². The monoisotopic (exact) mass is 579 g/mol. The van der Waals surface area contributed by atoms with Crippen molar-refractivity contribution >= 4 is 50.9 Å². The molecular formula is C27H31Cl2N3O5S. The Balaban J connectivity index is 1.47. The number of fused-ring (bicyclic) bond motifs is 1. The van der Waals surface area contributed by atoms with E-state index >= 15 is 0 Å². The number of carbonyl (C=O) groups excluding carboxylic acids is 3. The van der Waals surface area contributed by atoms with Crippen molar-refractivity contribution < 1.29 is 22.8 Å². The molecule has 1 saturated carbocycles. The van der Waals surface area contributed by atoms with Crippen LogP contribution in [0.5, 0.6) is 0 Å². The quantitative estimate of drug-likeness (QED) is 0.460. The molecule has 8 nitrogen and oxygen atoms in total. The maximum Gasteiger partial charge on any atom is 0.269 e. The zero-order valence-electron chi connectivity index (χ0n) is 21.2. The fourth-order valence-electron chi connectivity index (χ4n) is 4.97. The summed E-state index contributed by atoms with van der Waals surface area (Å²) in [5, 5.41) is 3.82. The molecule has 0 radical (unpaired) electrons. The molecule has 1 aliphatic carbocycles. The Labute approximate surface area is 233 Å². The van der Waals surface area contributed by atoms with Crippen LogP contribution in [0, 0.1) is 0 Å². The third-order valence-corrected chi connectivity index (χ3v) is 9.72. The number of nitrogens with zero attached hydrogens (tertiary/aromatic N) is 2. The van der Waals surface area contributed by atoms with Crippen LogP contribution in [0.2, 0.25) is 10.0 Å². The van der Waals surface area contributed by atoms with Gasteiger partial charge < -0.3 is 10.2 Å². The zero-order valence-corrected chi connectivity index (χ0v) is 23.5. The Morgan fingerprint density at radius 2 is 1.71 bits per heavy atom. The molecule has 1 N–H and O–H groups in total. The van der Waals surface area contributed by atoms with Crippen LogP contribution in [0.15, 0.2) is 47.4 Å². The van der Waals surface area contributed by atoms with Crippen LogP contribution in [0.3, 0.4) is 0 Å². The lowest BCUT2D eigenvalue weighted by atomic mass is 9.95. The molecule has 0 bridgehead atoms. The number of hydrogen-bond donors (Lipinski definition) is 1. The molecule has 38 heavy (non-hydrogen) atoms. The molecule has 1 atom stereocenters. The standard InChI is InChI=1S/C27H31Cl2N3O5S/c1-18(26(34)30-19-9-3-2-4-10-19)31(17-21-22(28)12-7-13-23(21)29)25(33)15-8-16-32-27(35)20-11-5-6-14-24(20)38(32,36)37/h5-7,11-14,18-19H,2-4,8-10,15-17H2,1H3,(H,30,34)/t18-/m0/s1. The van der Waals surface area contributed by atoms with Gasteiger partial charge in [0.15, 0.2) is 0 Å².